The predicted octanol–water partition coefficient (Wildman–Crippen LogP) is 1.25. The van der Waals surface area contributed by atoms with Crippen LogP contribution in [0.2, 0.25) is 0 Å². The van der Waals surface area contributed by atoms with Crippen molar-refractivity contribution in [3.8, 4) is 0 Å². The Morgan fingerprint density at radius 3 is 2.32 bits per heavy atom. The zero-order valence-corrected chi connectivity index (χ0v) is 12.0. The summed E-state index contributed by atoms with van der Waals surface area (Å²) in [7, 11) is 2.42. The summed E-state index contributed by atoms with van der Waals surface area (Å²) in [6.45, 7) is 4.04. The third kappa shape index (κ3) is 7.79. The number of rotatable bonds is 9. The minimum Gasteiger partial charge on any atom is -0.469 e. The maximum Gasteiger partial charge on any atom is 0.335 e. The average molecular weight is 276 g/mol. The van der Waals surface area contributed by atoms with Crippen LogP contribution in [0.1, 0.15) is 39.5 Å². The van der Waals surface area contributed by atoms with Crippen LogP contribution in [0.3, 0.4) is 0 Å². The zero-order chi connectivity index (χ0) is 14.8. The van der Waals surface area contributed by atoms with Gasteiger partial charge in [-0.25, -0.2) is 4.79 Å². The molecule has 2 unspecified atom stereocenters. The highest BCUT2D eigenvalue weighted by molar-refractivity contribution is 5.81. The van der Waals surface area contributed by atoms with E-state index in [0.29, 0.717) is 6.42 Å². The lowest BCUT2D eigenvalue weighted by atomic mass is 10.0. The van der Waals surface area contributed by atoms with Crippen molar-refractivity contribution in [2.45, 2.75) is 51.9 Å². The van der Waals surface area contributed by atoms with Crippen LogP contribution in [0.5, 0.6) is 0 Å². The van der Waals surface area contributed by atoms with Crippen LogP contribution in [0.4, 0.5) is 0 Å². The van der Waals surface area contributed by atoms with Gasteiger partial charge >= 0.3 is 11.9 Å². The molecule has 6 nitrogen and oxygen atoms in total. The SMILES string of the molecule is CCCC(C)CC(O)O[C@H](CC(=O)OC)C(=O)OC. The molecule has 6 heteroatoms. The van der Waals surface area contributed by atoms with Crippen molar-refractivity contribution in [3.63, 3.8) is 0 Å². The quantitative estimate of drug-likeness (QED) is 0.504. The maximum atomic E-state index is 11.4. The molecule has 19 heavy (non-hydrogen) atoms. The van der Waals surface area contributed by atoms with Crippen LogP contribution < -0.4 is 0 Å². The summed E-state index contributed by atoms with van der Waals surface area (Å²) >= 11 is 0. The van der Waals surface area contributed by atoms with E-state index in [4.69, 9.17) is 4.74 Å². The van der Waals surface area contributed by atoms with E-state index in [2.05, 4.69) is 16.4 Å². The molecule has 1 N–H and O–H groups in total. The predicted molar refractivity (Wildman–Crippen MR) is 68.2 cm³/mol. The second kappa shape index (κ2) is 9.75. The number of esters is 2. The molecule has 0 amide bonds. The third-order valence-electron chi connectivity index (χ3n) is 2.75. The summed E-state index contributed by atoms with van der Waals surface area (Å²) in [5.41, 5.74) is 0. The molecule has 0 aromatic heterocycles. The van der Waals surface area contributed by atoms with Gasteiger partial charge in [0.2, 0.25) is 0 Å². The molecule has 0 heterocycles. The van der Waals surface area contributed by atoms with Crippen LogP contribution in [0.25, 0.3) is 0 Å². The van der Waals surface area contributed by atoms with Crippen LogP contribution in [-0.4, -0.2) is 43.7 Å². The standard InChI is InChI=1S/C13H24O6/c1-5-6-9(2)7-12(15)19-10(13(16)18-4)8-11(14)17-3/h9-10,12,15H,5-8H2,1-4H3/t9?,10-,12?/m1/s1. The molecule has 0 saturated carbocycles. The van der Waals surface area contributed by atoms with Crippen molar-refractivity contribution in [2.75, 3.05) is 14.2 Å². The second-order valence-corrected chi connectivity index (χ2v) is 4.51. The highest BCUT2D eigenvalue weighted by Gasteiger charge is 2.27. The molecule has 0 aliphatic rings. The first kappa shape index (κ1) is 17.9. The van der Waals surface area contributed by atoms with E-state index in [1.54, 1.807) is 0 Å². The van der Waals surface area contributed by atoms with E-state index in [1.807, 2.05) is 6.92 Å². The summed E-state index contributed by atoms with van der Waals surface area (Å²) < 4.78 is 14.2. The molecular formula is C13H24O6. The van der Waals surface area contributed by atoms with Gasteiger partial charge in [-0.2, -0.15) is 0 Å². The van der Waals surface area contributed by atoms with E-state index in [-0.39, 0.29) is 12.3 Å². The van der Waals surface area contributed by atoms with Gasteiger partial charge < -0.3 is 19.3 Å². The van der Waals surface area contributed by atoms with Crippen molar-refractivity contribution in [1.82, 2.24) is 0 Å². The Balaban J connectivity index is 4.37. The number of hydrogen-bond acceptors (Lipinski definition) is 6. The normalized spacial score (nSPS) is 15.4. The van der Waals surface area contributed by atoms with Gasteiger partial charge in [-0.05, 0) is 5.92 Å². The number of carbonyl (C=O) groups is 2. The first-order chi connectivity index (χ1) is 8.94. The molecule has 3 atom stereocenters. The van der Waals surface area contributed by atoms with Crippen molar-refractivity contribution < 1.29 is 28.9 Å². The molecule has 0 aliphatic heterocycles. The minimum absolute atomic E-state index is 0.274. The van der Waals surface area contributed by atoms with Crippen molar-refractivity contribution in [3.05, 3.63) is 0 Å². The number of aliphatic hydroxyl groups excluding tert-OH is 1. The van der Waals surface area contributed by atoms with Crippen LogP contribution >= 0.6 is 0 Å². The monoisotopic (exact) mass is 276 g/mol. The van der Waals surface area contributed by atoms with E-state index >= 15 is 0 Å². The fourth-order valence-electron chi connectivity index (χ4n) is 1.75. The van der Waals surface area contributed by atoms with E-state index in [9.17, 15) is 14.7 Å². The van der Waals surface area contributed by atoms with Crippen molar-refractivity contribution in [2.24, 2.45) is 5.92 Å². The number of methoxy groups -OCH3 is 2. The lowest BCUT2D eigenvalue weighted by molar-refractivity contribution is -0.185. The van der Waals surface area contributed by atoms with E-state index < -0.39 is 24.3 Å². The Labute approximate surface area is 114 Å². The van der Waals surface area contributed by atoms with Crippen LogP contribution in [0.15, 0.2) is 0 Å². The first-order valence-corrected chi connectivity index (χ1v) is 6.42. The first-order valence-electron chi connectivity index (χ1n) is 6.42. The number of aliphatic hydroxyl groups is 1. The Morgan fingerprint density at radius 2 is 1.84 bits per heavy atom. The van der Waals surface area contributed by atoms with Gasteiger partial charge in [0.25, 0.3) is 0 Å². The fourth-order valence-corrected chi connectivity index (χ4v) is 1.75. The van der Waals surface area contributed by atoms with Gasteiger partial charge in [0.15, 0.2) is 12.4 Å². The fraction of sp³-hybridized carbons (Fsp3) is 0.846. The highest BCUT2D eigenvalue weighted by atomic mass is 16.6. The van der Waals surface area contributed by atoms with Crippen molar-refractivity contribution >= 4 is 11.9 Å². The van der Waals surface area contributed by atoms with Crippen LogP contribution in [-0.2, 0) is 23.8 Å². The molecule has 0 rings (SSSR count). The van der Waals surface area contributed by atoms with Gasteiger partial charge in [0.1, 0.15) is 0 Å². The van der Waals surface area contributed by atoms with Gasteiger partial charge in [0, 0.05) is 6.42 Å². The molecule has 112 valence electrons. The second-order valence-electron chi connectivity index (χ2n) is 4.51. The van der Waals surface area contributed by atoms with Gasteiger partial charge in [-0.15, -0.1) is 0 Å². The lowest BCUT2D eigenvalue weighted by Crippen LogP contribution is -2.33. The maximum absolute atomic E-state index is 11.4. The Kier molecular flexibility index (Phi) is 9.16. The summed E-state index contributed by atoms with van der Waals surface area (Å²) in [6.07, 6.45) is -0.140. The number of hydrogen-bond donors (Lipinski definition) is 1. The Bertz CT molecular complexity index is 278. The number of carbonyl (C=O) groups excluding carboxylic acids is 2. The molecule has 0 fully saturated rings. The smallest absolute Gasteiger partial charge is 0.335 e. The molecule has 0 aromatic rings. The molecule has 0 radical (unpaired) electrons. The molecule has 0 bridgehead atoms. The topological polar surface area (TPSA) is 82.1 Å². The molecule has 0 spiro atoms. The molecule has 0 saturated heterocycles. The minimum atomic E-state index is -1.14. The summed E-state index contributed by atoms with van der Waals surface area (Å²) in [5, 5.41) is 9.76. The van der Waals surface area contributed by atoms with Gasteiger partial charge in [0.05, 0.1) is 20.6 Å². The van der Waals surface area contributed by atoms with Gasteiger partial charge in [-0.3, -0.25) is 4.79 Å². The van der Waals surface area contributed by atoms with E-state index in [0.717, 1.165) is 12.8 Å². The summed E-state index contributed by atoms with van der Waals surface area (Å²) in [5.74, 6) is -1.02. The molecule has 0 aromatic carbocycles. The average Bonchev–Trinajstić information content (AvgIpc) is 2.36. The van der Waals surface area contributed by atoms with Crippen LogP contribution in [0, 0.1) is 5.92 Å². The van der Waals surface area contributed by atoms with E-state index in [1.165, 1.54) is 14.2 Å². The van der Waals surface area contributed by atoms with Crippen molar-refractivity contribution in [1.29, 1.82) is 0 Å². The van der Waals surface area contributed by atoms with Gasteiger partial charge in [-0.1, -0.05) is 26.7 Å². The highest BCUT2D eigenvalue weighted by Crippen LogP contribution is 2.15. The number of ether oxygens (including phenoxy) is 3. The Morgan fingerprint density at radius 1 is 1.21 bits per heavy atom. The largest absolute Gasteiger partial charge is 0.469 e. The zero-order valence-electron chi connectivity index (χ0n) is 12.0. The summed E-state index contributed by atoms with van der Waals surface area (Å²) in [4.78, 5) is 22.6. The molecule has 0 aliphatic carbocycles. The third-order valence-corrected chi connectivity index (χ3v) is 2.75. The molecular weight excluding hydrogens is 252 g/mol. The lowest BCUT2D eigenvalue weighted by Gasteiger charge is -2.21. The summed E-state index contributed by atoms with van der Waals surface area (Å²) in [6, 6.07) is 0. The Hall–Kier alpha value is -1.14.